The van der Waals surface area contributed by atoms with Crippen molar-refractivity contribution < 1.29 is 17.9 Å². The maximum atomic E-state index is 12.5. The van der Waals surface area contributed by atoms with E-state index in [1.54, 1.807) is 19.1 Å². The Morgan fingerprint density at radius 2 is 1.62 bits per heavy atom. The highest BCUT2D eigenvalue weighted by atomic mass is 32.2. The average Bonchev–Trinajstić information content (AvgIpc) is 2.56. The van der Waals surface area contributed by atoms with Crippen LogP contribution >= 0.6 is 0 Å². The van der Waals surface area contributed by atoms with E-state index in [4.69, 9.17) is 4.74 Å². The first kappa shape index (κ1) is 19.9. The highest BCUT2D eigenvalue weighted by Gasteiger charge is 2.21. The van der Waals surface area contributed by atoms with Gasteiger partial charge in [-0.25, -0.2) is 13.1 Å². The van der Waals surface area contributed by atoms with E-state index >= 15 is 0 Å². The molecule has 140 valence electrons. The monoisotopic (exact) mass is 376 g/mol. The zero-order valence-corrected chi connectivity index (χ0v) is 16.5. The van der Waals surface area contributed by atoms with E-state index in [0.717, 1.165) is 22.3 Å². The van der Waals surface area contributed by atoms with Gasteiger partial charge >= 0.3 is 0 Å². The van der Waals surface area contributed by atoms with Crippen LogP contribution in [-0.2, 0) is 14.8 Å². The van der Waals surface area contributed by atoms with E-state index in [2.05, 4.69) is 10.0 Å². The maximum absolute atomic E-state index is 12.5. The topological polar surface area (TPSA) is 84.5 Å². The second kappa shape index (κ2) is 7.88. The standard InChI is InChI=1S/C19H24N2O4S/c1-12-6-7-16(25-5)17(10-12)26(23,24)20-11-18(22)21-19-14(3)8-13(2)9-15(19)4/h6-10,20H,11H2,1-5H3,(H,21,22). The van der Waals surface area contributed by atoms with Crippen LogP contribution in [0.25, 0.3) is 0 Å². The van der Waals surface area contributed by atoms with E-state index in [-0.39, 0.29) is 17.2 Å². The lowest BCUT2D eigenvalue weighted by Gasteiger charge is -2.14. The molecule has 2 rings (SSSR count). The fourth-order valence-electron chi connectivity index (χ4n) is 2.79. The molecule has 2 aromatic carbocycles. The number of benzene rings is 2. The summed E-state index contributed by atoms with van der Waals surface area (Å²) in [5.41, 5.74) is 4.44. The van der Waals surface area contributed by atoms with Crippen LogP contribution in [0.15, 0.2) is 35.2 Å². The predicted molar refractivity (Wildman–Crippen MR) is 102 cm³/mol. The van der Waals surface area contributed by atoms with Crippen LogP contribution in [0, 0.1) is 27.7 Å². The van der Waals surface area contributed by atoms with Crippen LogP contribution < -0.4 is 14.8 Å². The zero-order valence-electron chi connectivity index (χ0n) is 15.6. The molecular weight excluding hydrogens is 352 g/mol. The van der Waals surface area contributed by atoms with Crippen molar-refractivity contribution in [1.82, 2.24) is 4.72 Å². The number of ether oxygens (including phenoxy) is 1. The van der Waals surface area contributed by atoms with Crippen molar-refractivity contribution in [3.63, 3.8) is 0 Å². The molecule has 0 atom stereocenters. The third-order valence-electron chi connectivity index (χ3n) is 3.97. The first-order valence-electron chi connectivity index (χ1n) is 8.16. The third kappa shape index (κ3) is 4.62. The Morgan fingerprint density at radius 3 is 2.19 bits per heavy atom. The van der Waals surface area contributed by atoms with Gasteiger partial charge < -0.3 is 10.1 Å². The van der Waals surface area contributed by atoms with E-state index in [9.17, 15) is 13.2 Å². The number of methoxy groups -OCH3 is 1. The molecule has 2 aromatic rings. The van der Waals surface area contributed by atoms with Crippen LogP contribution in [0.1, 0.15) is 22.3 Å². The minimum Gasteiger partial charge on any atom is -0.495 e. The first-order valence-corrected chi connectivity index (χ1v) is 9.64. The Labute approximate surface area is 154 Å². The summed E-state index contributed by atoms with van der Waals surface area (Å²) in [4.78, 5) is 12.2. The smallest absolute Gasteiger partial charge is 0.244 e. The minimum atomic E-state index is -3.88. The number of hydrogen-bond acceptors (Lipinski definition) is 4. The van der Waals surface area contributed by atoms with Crippen molar-refractivity contribution in [2.45, 2.75) is 32.6 Å². The van der Waals surface area contributed by atoms with Crippen LogP contribution in [0.4, 0.5) is 5.69 Å². The number of aryl methyl sites for hydroxylation is 4. The largest absolute Gasteiger partial charge is 0.495 e. The van der Waals surface area contributed by atoms with Gasteiger partial charge in [0, 0.05) is 5.69 Å². The van der Waals surface area contributed by atoms with E-state index < -0.39 is 15.9 Å². The second-order valence-corrected chi connectivity index (χ2v) is 8.04. The molecule has 1 amide bonds. The normalized spacial score (nSPS) is 11.3. The van der Waals surface area contributed by atoms with Gasteiger partial charge in [0.2, 0.25) is 15.9 Å². The predicted octanol–water partition coefficient (Wildman–Crippen LogP) is 2.85. The molecule has 0 radical (unpaired) electrons. The Balaban J connectivity index is 2.13. The Bertz CT molecular complexity index is 914. The summed E-state index contributed by atoms with van der Waals surface area (Å²) >= 11 is 0. The van der Waals surface area contributed by atoms with Crippen molar-refractivity contribution in [3.05, 3.63) is 52.6 Å². The van der Waals surface area contributed by atoms with Crippen molar-refractivity contribution in [2.24, 2.45) is 0 Å². The summed E-state index contributed by atoms with van der Waals surface area (Å²) in [6.45, 7) is 7.20. The van der Waals surface area contributed by atoms with Gasteiger partial charge in [-0.15, -0.1) is 0 Å². The zero-order chi connectivity index (χ0) is 19.5. The highest BCUT2D eigenvalue weighted by molar-refractivity contribution is 7.89. The van der Waals surface area contributed by atoms with Crippen LogP contribution in [0.5, 0.6) is 5.75 Å². The molecule has 0 aliphatic rings. The minimum absolute atomic E-state index is 0.00972. The van der Waals surface area contributed by atoms with Crippen molar-refractivity contribution in [3.8, 4) is 5.75 Å². The molecular formula is C19H24N2O4S. The number of carbonyl (C=O) groups is 1. The number of amides is 1. The summed E-state index contributed by atoms with van der Waals surface area (Å²) in [7, 11) is -2.47. The number of hydrogen-bond donors (Lipinski definition) is 2. The highest BCUT2D eigenvalue weighted by Crippen LogP contribution is 2.25. The molecule has 0 unspecified atom stereocenters. The average molecular weight is 376 g/mol. The molecule has 0 saturated heterocycles. The molecule has 26 heavy (non-hydrogen) atoms. The number of sulfonamides is 1. The summed E-state index contributed by atoms with van der Waals surface area (Å²) in [5.74, 6) is -0.205. The Morgan fingerprint density at radius 1 is 1.00 bits per heavy atom. The van der Waals surface area contributed by atoms with Crippen LogP contribution in [-0.4, -0.2) is 28.0 Å². The Kier molecular flexibility index (Phi) is 6.05. The van der Waals surface area contributed by atoms with Crippen molar-refractivity contribution in [1.29, 1.82) is 0 Å². The molecule has 0 aromatic heterocycles. The van der Waals surface area contributed by atoms with E-state index in [0.29, 0.717) is 5.69 Å². The third-order valence-corrected chi connectivity index (χ3v) is 5.40. The summed E-state index contributed by atoms with van der Waals surface area (Å²) in [6, 6.07) is 8.78. The fraction of sp³-hybridized carbons (Fsp3) is 0.316. The van der Waals surface area contributed by atoms with Crippen molar-refractivity contribution in [2.75, 3.05) is 19.0 Å². The summed E-state index contributed by atoms with van der Waals surface area (Å²) in [6.07, 6.45) is 0. The van der Waals surface area contributed by atoms with Gasteiger partial charge in [-0.1, -0.05) is 23.8 Å². The molecule has 0 aliphatic heterocycles. The fourth-order valence-corrected chi connectivity index (χ4v) is 4.03. The van der Waals surface area contributed by atoms with E-state index in [1.165, 1.54) is 13.2 Å². The van der Waals surface area contributed by atoms with E-state index in [1.807, 2.05) is 32.9 Å². The molecule has 0 saturated carbocycles. The number of anilines is 1. The maximum Gasteiger partial charge on any atom is 0.244 e. The number of carbonyl (C=O) groups excluding carboxylic acids is 1. The van der Waals surface area contributed by atoms with Crippen LogP contribution in [0.3, 0.4) is 0 Å². The van der Waals surface area contributed by atoms with Gasteiger partial charge in [0.15, 0.2) is 0 Å². The molecule has 0 heterocycles. The molecule has 0 aliphatic carbocycles. The van der Waals surface area contributed by atoms with Gasteiger partial charge in [0.1, 0.15) is 10.6 Å². The Hall–Kier alpha value is -2.38. The molecule has 0 bridgehead atoms. The second-order valence-electron chi connectivity index (χ2n) is 6.30. The lowest BCUT2D eigenvalue weighted by molar-refractivity contribution is -0.115. The number of nitrogens with one attached hydrogen (secondary N) is 2. The molecule has 0 spiro atoms. The van der Waals surface area contributed by atoms with Gasteiger partial charge in [0.05, 0.1) is 13.7 Å². The lowest BCUT2D eigenvalue weighted by Crippen LogP contribution is -2.33. The van der Waals surface area contributed by atoms with Crippen molar-refractivity contribution >= 4 is 21.6 Å². The summed E-state index contributed by atoms with van der Waals surface area (Å²) in [5, 5.41) is 2.77. The molecule has 6 nitrogen and oxygen atoms in total. The molecule has 2 N–H and O–H groups in total. The molecule has 0 fully saturated rings. The number of rotatable bonds is 6. The molecule has 7 heteroatoms. The van der Waals surface area contributed by atoms with Crippen LogP contribution in [0.2, 0.25) is 0 Å². The quantitative estimate of drug-likeness (QED) is 0.812. The van der Waals surface area contributed by atoms with Gasteiger partial charge in [-0.3, -0.25) is 4.79 Å². The van der Waals surface area contributed by atoms with Gasteiger partial charge in [-0.05, 0) is 56.5 Å². The first-order chi connectivity index (χ1) is 12.1. The SMILES string of the molecule is COc1ccc(C)cc1S(=O)(=O)NCC(=O)Nc1c(C)cc(C)cc1C. The van der Waals surface area contributed by atoms with Gasteiger partial charge in [0.25, 0.3) is 0 Å². The van der Waals surface area contributed by atoms with Gasteiger partial charge in [-0.2, -0.15) is 0 Å². The lowest BCUT2D eigenvalue weighted by atomic mass is 10.1. The summed E-state index contributed by atoms with van der Waals surface area (Å²) < 4.78 is 32.5.